The van der Waals surface area contributed by atoms with E-state index in [1.807, 2.05) is 12.1 Å². The van der Waals surface area contributed by atoms with Crippen molar-refractivity contribution in [2.75, 3.05) is 0 Å². The van der Waals surface area contributed by atoms with E-state index >= 15 is 0 Å². The largest absolute Gasteiger partial charge is 0.454 e. The monoisotopic (exact) mass is 431 g/mol. The summed E-state index contributed by atoms with van der Waals surface area (Å²) >= 11 is 0. The minimum atomic E-state index is 0.583. The summed E-state index contributed by atoms with van der Waals surface area (Å²) < 4.78 is 8.81. The number of aryl methyl sites for hydroxylation is 2. The Morgan fingerprint density at radius 3 is 2.45 bits per heavy atom. The Morgan fingerprint density at radius 2 is 1.67 bits per heavy atom. The van der Waals surface area contributed by atoms with Gasteiger partial charge in [-0.3, -0.25) is 0 Å². The van der Waals surface area contributed by atoms with Crippen molar-refractivity contribution in [1.82, 2.24) is 0 Å². The van der Waals surface area contributed by atoms with Gasteiger partial charge in [0.1, 0.15) is 18.7 Å². The van der Waals surface area contributed by atoms with Crippen molar-refractivity contribution < 1.29 is 8.98 Å². The summed E-state index contributed by atoms with van der Waals surface area (Å²) in [5, 5.41) is 13.1. The number of pyridine rings is 1. The first kappa shape index (κ1) is 20.0. The maximum absolute atomic E-state index is 9.66. The molecule has 2 heterocycles. The van der Waals surface area contributed by atoms with Crippen molar-refractivity contribution in [3.05, 3.63) is 76.9 Å². The summed E-state index contributed by atoms with van der Waals surface area (Å²) in [5.74, 6) is 0.608. The molecule has 5 aromatic rings. The van der Waals surface area contributed by atoms with Crippen LogP contribution in [-0.4, -0.2) is 0 Å². The molecule has 3 aromatic carbocycles. The fourth-order valence-corrected chi connectivity index (χ4v) is 5.83. The summed E-state index contributed by atoms with van der Waals surface area (Å²) in [6.07, 6.45) is 5.14. The molecular formula is C30H27N2O+. The molecule has 0 saturated heterocycles. The van der Waals surface area contributed by atoms with Crippen LogP contribution in [0.15, 0.2) is 59.0 Å². The van der Waals surface area contributed by atoms with Crippen LogP contribution < -0.4 is 4.57 Å². The van der Waals surface area contributed by atoms with Gasteiger partial charge in [0.05, 0.1) is 11.1 Å². The lowest BCUT2D eigenvalue weighted by Crippen LogP contribution is -2.33. The number of rotatable bonds is 2. The fraction of sp³-hybridized carbons (Fsp3) is 0.267. The van der Waals surface area contributed by atoms with Gasteiger partial charge in [-0.2, -0.15) is 9.83 Å². The molecule has 3 heteroatoms. The molecule has 162 valence electrons. The number of nitrogens with zero attached hydrogens (tertiary/aromatic N) is 2. The summed E-state index contributed by atoms with van der Waals surface area (Å²) in [4.78, 5) is 0. The molecule has 0 atom stereocenters. The molecule has 0 aliphatic heterocycles. The summed E-state index contributed by atoms with van der Waals surface area (Å²) in [6.45, 7) is 4.36. The number of nitriles is 1. The van der Waals surface area contributed by atoms with Gasteiger partial charge in [-0.1, -0.05) is 37.1 Å². The van der Waals surface area contributed by atoms with Crippen molar-refractivity contribution in [3.8, 4) is 17.3 Å². The highest BCUT2D eigenvalue weighted by Gasteiger charge is 2.28. The first-order valence-corrected chi connectivity index (χ1v) is 11.9. The van der Waals surface area contributed by atoms with Gasteiger partial charge >= 0.3 is 0 Å². The third kappa shape index (κ3) is 2.91. The normalized spacial score (nSPS) is 14.5. The number of hydrogen-bond acceptors (Lipinski definition) is 2. The second kappa shape index (κ2) is 7.46. The van der Waals surface area contributed by atoms with E-state index < -0.39 is 0 Å². The number of furan rings is 1. The van der Waals surface area contributed by atoms with Crippen LogP contribution in [0.3, 0.4) is 0 Å². The maximum Gasteiger partial charge on any atom is 0.217 e. The zero-order chi connectivity index (χ0) is 22.7. The number of aromatic nitrogens is 1. The van der Waals surface area contributed by atoms with E-state index in [0.717, 1.165) is 21.9 Å². The molecule has 2 aromatic heterocycles. The van der Waals surface area contributed by atoms with Gasteiger partial charge in [0.2, 0.25) is 11.2 Å². The summed E-state index contributed by atoms with van der Waals surface area (Å²) in [5.41, 5.74) is 9.62. The number of para-hydroxylation sites is 2. The smallest absolute Gasteiger partial charge is 0.217 e. The third-order valence-electron chi connectivity index (χ3n) is 7.71. The van der Waals surface area contributed by atoms with E-state index in [-0.39, 0.29) is 0 Å². The van der Waals surface area contributed by atoms with Crippen LogP contribution in [0.5, 0.6) is 0 Å². The lowest BCUT2D eigenvalue weighted by atomic mass is 9.90. The molecule has 0 N–H and O–H groups in total. The molecule has 0 radical (unpaired) electrons. The predicted octanol–water partition coefficient (Wildman–Crippen LogP) is 7.38. The van der Waals surface area contributed by atoms with E-state index in [0.29, 0.717) is 17.1 Å². The van der Waals surface area contributed by atoms with Crippen LogP contribution in [0, 0.1) is 25.2 Å². The second-order valence-electron chi connectivity index (χ2n) is 9.51. The molecular weight excluding hydrogens is 404 g/mol. The SMILES string of the molecule is Cc1cc2c(oc3c(C#N)cccc32)c(-c2cc(C3CCCC3)c3ccccc3[n+]2C)c1C. The van der Waals surface area contributed by atoms with Crippen LogP contribution in [-0.2, 0) is 7.05 Å². The van der Waals surface area contributed by atoms with E-state index in [9.17, 15) is 5.26 Å². The van der Waals surface area contributed by atoms with Gasteiger partial charge in [-0.05, 0) is 67.5 Å². The van der Waals surface area contributed by atoms with Crippen LogP contribution >= 0.6 is 0 Å². The predicted molar refractivity (Wildman–Crippen MR) is 133 cm³/mol. The molecule has 33 heavy (non-hydrogen) atoms. The molecule has 6 rings (SSSR count). The highest BCUT2D eigenvalue weighted by Crippen LogP contribution is 2.42. The average Bonchev–Trinajstić information content (AvgIpc) is 3.49. The molecule has 0 bridgehead atoms. The van der Waals surface area contributed by atoms with Crippen molar-refractivity contribution in [2.24, 2.45) is 7.05 Å². The van der Waals surface area contributed by atoms with Gasteiger partial charge in [-0.25, -0.2) is 0 Å². The van der Waals surface area contributed by atoms with Crippen molar-refractivity contribution >= 4 is 32.8 Å². The Morgan fingerprint density at radius 1 is 0.909 bits per heavy atom. The van der Waals surface area contributed by atoms with Gasteiger partial charge in [0.15, 0.2) is 5.58 Å². The van der Waals surface area contributed by atoms with E-state index in [4.69, 9.17) is 4.42 Å². The zero-order valence-electron chi connectivity index (χ0n) is 19.4. The lowest BCUT2D eigenvalue weighted by molar-refractivity contribution is -0.633. The summed E-state index contributed by atoms with van der Waals surface area (Å²) in [6, 6.07) is 21.5. The molecule has 1 fully saturated rings. The highest BCUT2D eigenvalue weighted by atomic mass is 16.3. The van der Waals surface area contributed by atoms with Crippen molar-refractivity contribution in [2.45, 2.75) is 45.4 Å². The van der Waals surface area contributed by atoms with Gasteiger partial charge < -0.3 is 4.42 Å². The quantitative estimate of drug-likeness (QED) is 0.274. The van der Waals surface area contributed by atoms with Gasteiger partial charge in [-0.15, -0.1) is 0 Å². The molecule has 1 aliphatic carbocycles. The molecule has 1 saturated carbocycles. The minimum absolute atomic E-state index is 0.583. The van der Waals surface area contributed by atoms with Gasteiger partial charge in [0, 0.05) is 28.3 Å². The topological polar surface area (TPSA) is 40.8 Å². The highest BCUT2D eigenvalue weighted by molar-refractivity contribution is 6.11. The van der Waals surface area contributed by atoms with E-state index in [2.05, 4.69) is 74.0 Å². The standard InChI is InChI=1S/C30H27N2O/c1-18-15-25-23-13-8-11-21(17-31)29(23)33-30(25)28(19(18)2)27-16-24(20-9-4-5-10-20)22-12-6-7-14-26(22)32(27)3/h6-8,11-16,20H,4-5,9-10H2,1-3H3/q+1. The second-order valence-corrected chi connectivity index (χ2v) is 9.51. The molecule has 0 spiro atoms. The Kier molecular flexibility index (Phi) is 4.52. The lowest BCUT2D eigenvalue weighted by Gasteiger charge is -2.16. The van der Waals surface area contributed by atoms with Crippen molar-refractivity contribution in [3.63, 3.8) is 0 Å². The molecule has 1 aliphatic rings. The van der Waals surface area contributed by atoms with Crippen LogP contribution in [0.1, 0.15) is 53.9 Å². The Bertz CT molecular complexity index is 1610. The van der Waals surface area contributed by atoms with Crippen molar-refractivity contribution in [1.29, 1.82) is 5.26 Å². The maximum atomic E-state index is 9.66. The number of fused-ring (bicyclic) bond motifs is 4. The van der Waals surface area contributed by atoms with E-state index in [1.165, 1.54) is 59.0 Å². The fourth-order valence-electron chi connectivity index (χ4n) is 5.83. The summed E-state index contributed by atoms with van der Waals surface area (Å²) in [7, 11) is 2.16. The van der Waals surface area contributed by atoms with Crippen LogP contribution in [0.4, 0.5) is 0 Å². The van der Waals surface area contributed by atoms with E-state index in [1.54, 1.807) is 0 Å². The third-order valence-corrected chi connectivity index (χ3v) is 7.71. The zero-order valence-corrected chi connectivity index (χ0v) is 19.4. The number of benzene rings is 3. The molecule has 0 amide bonds. The van der Waals surface area contributed by atoms with Gasteiger partial charge in [0.25, 0.3) is 0 Å². The molecule has 3 nitrogen and oxygen atoms in total. The minimum Gasteiger partial charge on any atom is -0.454 e. The average molecular weight is 432 g/mol. The Labute approximate surface area is 193 Å². The first-order chi connectivity index (χ1) is 16.1. The van der Waals surface area contributed by atoms with Crippen LogP contribution in [0.25, 0.3) is 44.1 Å². The Hall–Kier alpha value is -3.64. The first-order valence-electron chi connectivity index (χ1n) is 11.9. The number of hydrogen-bond donors (Lipinski definition) is 0. The molecule has 0 unspecified atom stereocenters. The Balaban J connectivity index is 1.75. The van der Waals surface area contributed by atoms with Crippen LogP contribution in [0.2, 0.25) is 0 Å².